The summed E-state index contributed by atoms with van der Waals surface area (Å²) in [6.45, 7) is 1.12. The number of allylic oxidation sites excluding steroid dienone is 4. The lowest BCUT2D eigenvalue weighted by molar-refractivity contribution is -0.368. The Morgan fingerprint density at radius 1 is 0.824 bits per heavy atom. The molecule has 1 nitrogen and oxygen atoms in total. The zero-order valence-corrected chi connectivity index (χ0v) is 11.4. The topological polar surface area (TPSA) is 27.6 Å². The summed E-state index contributed by atoms with van der Waals surface area (Å²) in [7, 11) is 0. The quantitative estimate of drug-likeness (QED) is 0.525. The Labute approximate surface area is 107 Å². The molecular formula is C16H30N+. The first-order valence-corrected chi connectivity index (χ1v) is 7.57. The van der Waals surface area contributed by atoms with Gasteiger partial charge in [0.1, 0.15) is 0 Å². The molecule has 0 unspecified atom stereocenters. The summed E-state index contributed by atoms with van der Waals surface area (Å²) in [6, 6.07) is 0. The molecule has 98 valence electrons. The van der Waals surface area contributed by atoms with Gasteiger partial charge in [-0.25, -0.2) is 0 Å². The van der Waals surface area contributed by atoms with Crippen LogP contribution in [0, 0.1) is 0 Å². The highest BCUT2D eigenvalue weighted by atomic mass is 14.5. The molecule has 0 saturated heterocycles. The Balaban J connectivity index is 1.72. The largest absolute Gasteiger partial charge is 0.358 e. The normalized spacial score (nSPS) is 14.3. The first kappa shape index (κ1) is 14.5. The average Bonchev–Trinajstić information content (AvgIpc) is 2.85. The van der Waals surface area contributed by atoms with Gasteiger partial charge in [0.05, 0.1) is 6.54 Å². The number of rotatable bonds is 11. The molecule has 0 aliphatic heterocycles. The van der Waals surface area contributed by atoms with Crippen molar-refractivity contribution in [2.75, 3.05) is 6.54 Å². The molecule has 0 aromatic carbocycles. The van der Waals surface area contributed by atoms with Crippen LogP contribution in [0.4, 0.5) is 0 Å². The Bertz CT molecular complexity index is 228. The van der Waals surface area contributed by atoms with Gasteiger partial charge in [-0.15, -0.1) is 0 Å². The molecule has 0 fully saturated rings. The molecule has 0 atom stereocenters. The minimum Gasteiger partial charge on any atom is -0.358 e. The molecule has 0 radical (unpaired) electrons. The molecular weight excluding hydrogens is 206 g/mol. The van der Waals surface area contributed by atoms with E-state index in [1.807, 2.05) is 0 Å². The van der Waals surface area contributed by atoms with Crippen LogP contribution in [-0.2, 0) is 0 Å². The van der Waals surface area contributed by atoms with Crippen LogP contribution in [0.3, 0.4) is 0 Å². The van der Waals surface area contributed by atoms with E-state index in [-0.39, 0.29) is 0 Å². The summed E-state index contributed by atoms with van der Waals surface area (Å²) in [5.74, 6) is 0. The minimum absolute atomic E-state index is 1.12. The predicted octanol–water partition coefficient (Wildman–Crippen LogP) is 4.02. The first-order chi connectivity index (χ1) is 8.43. The van der Waals surface area contributed by atoms with Gasteiger partial charge >= 0.3 is 0 Å². The Hall–Kier alpha value is -0.560. The Morgan fingerprint density at radius 3 is 1.94 bits per heavy atom. The summed E-state index contributed by atoms with van der Waals surface area (Å²) in [5, 5.41) is 0. The average molecular weight is 236 g/mol. The van der Waals surface area contributed by atoms with Crippen LogP contribution in [0.15, 0.2) is 23.8 Å². The molecule has 0 amide bonds. The zero-order valence-electron chi connectivity index (χ0n) is 11.4. The van der Waals surface area contributed by atoms with Gasteiger partial charge in [0.15, 0.2) is 0 Å². The molecule has 0 heterocycles. The van der Waals surface area contributed by atoms with E-state index in [1.165, 1.54) is 70.6 Å². The first-order valence-electron chi connectivity index (χ1n) is 7.57. The van der Waals surface area contributed by atoms with E-state index in [2.05, 4.69) is 24.0 Å². The van der Waals surface area contributed by atoms with Gasteiger partial charge in [-0.1, -0.05) is 62.3 Å². The van der Waals surface area contributed by atoms with E-state index in [0.29, 0.717) is 0 Å². The lowest BCUT2D eigenvalue weighted by Crippen LogP contribution is -2.50. The fourth-order valence-corrected chi connectivity index (χ4v) is 2.44. The van der Waals surface area contributed by atoms with Crippen molar-refractivity contribution in [3.05, 3.63) is 23.8 Å². The third kappa shape index (κ3) is 8.20. The molecule has 1 aliphatic carbocycles. The highest BCUT2D eigenvalue weighted by Gasteiger charge is 1.98. The third-order valence-corrected chi connectivity index (χ3v) is 3.60. The van der Waals surface area contributed by atoms with E-state index in [4.69, 9.17) is 0 Å². The van der Waals surface area contributed by atoms with E-state index < -0.39 is 0 Å². The van der Waals surface area contributed by atoms with Gasteiger partial charge in [0.25, 0.3) is 0 Å². The van der Waals surface area contributed by atoms with Gasteiger partial charge in [-0.2, -0.15) is 0 Å². The molecule has 0 saturated carbocycles. The predicted molar refractivity (Wildman–Crippen MR) is 75.8 cm³/mol. The van der Waals surface area contributed by atoms with Crippen LogP contribution in [0.1, 0.15) is 70.6 Å². The molecule has 0 spiro atoms. The summed E-state index contributed by atoms with van der Waals surface area (Å²) < 4.78 is 0. The molecule has 1 aliphatic rings. The fourth-order valence-electron chi connectivity index (χ4n) is 2.44. The highest BCUT2D eigenvalue weighted by Crippen LogP contribution is 2.18. The molecule has 0 aromatic rings. The van der Waals surface area contributed by atoms with Crippen LogP contribution in [0.25, 0.3) is 0 Å². The molecule has 0 bridgehead atoms. The molecule has 1 rings (SSSR count). The standard InChI is InChI=1S/C16H29N/c17-15-11-7-5-3-1-2-4-6-8-12-16-13-9-10-14-16/h9-10,13H,1-8,11-12,14-15,17H2/p+1. The van der Waals surface area contributed by atoms with Crippen molar-refractivity contribution in [1.82, 2.24) is 0 Å². The zero-order chi connectivity index (χ0) is 12.2. The van der Waals surface area contributed by atoms with Gasteiger partial charge in [0.2, 0.25) is 0 Å². The second-order valence-electron chi connectivity index (χ2n) is 5.24. The van der Waals surface area contributed by atoms with Crippen LogP contribution in [0.2, 0.25) is 0 Å². The van der Waals surface area contributed by atoms with Crippen molar-refractivity contribution in [2.24, 2.45) is 0 Å². The minimum atomic E-state index is 1.12. The van der Waals surface area contributed by atoms with Crippen molar-refractivity contribution in [2.45, 2.75) is 70.6 Å². The Kier molecular flexibility index (Phi) is 9.03. The van der Waals surface area contributed by atoms with Crippen molar-refractivity contribution in [1.29, 1.82) is 0 Å². The second kappa shape index (κ2) is 10.6. The number of quaternary nitrogens is 1. The van der Waals surface area contributed by atoms with E-state index in [0.717, 1.165) is 6.54 Å². The smallest absolute Gasteiger partial charge is 0.0739 e. The van der Waals surface area contributed by atoms with Crippen molar-refractivity contribution < 1.29 is 5.73 Å². The lowest BCUT2D eigenvalue weighted by Gasteiger charge is -2.03. The fraction of sp³-hybridized carbons (Fsp3) is 0.750. The van der Waals surface area contributed by atoms with Gasteiger partial charge in [-0.05, 0) is 32.1 Å². The van der Waals surface area contributed by atoms with E-state index in [1.54, 1.807) is 5.57 Å². The summed E-state index contributed by atoms with van der Waals surface area (Å²) in [6.07, 6.45) is 22.0. The van der Waals surface area contributed by atoms with Crippen molar-refractivity contribution in [3.63, 3.8) is 0 Å². The van der Waals surface area contributed by atoms with Crippen molar-refractivity contribution >= 4 is 0 Å². The van der Waals surface area contributed by atoms with Crippen LogP contribution < -0.4 is 5.73 Å². The molecule has 17 heavy (non-hydrogen) atoms. The number of hydrogen-bond acceptors (Lipinski definition) is 0. The van der Waals surface area contributed by atoms with Crippen LogP contribution >= 0.6 is 0 Å². The number of hydrogen-bond donors (Lipinski definition) is 1. The van der Waals surface area contributed by atoms with Gasteiger partial charge < -0.3 is 5.73 Å². The van der Waals surface area contributed by atoms with Gasteiger partial charge in [0, 0.05) is 0 Å². The third-order valence-electron chi connectivity index (χ3n) is 3.60. The summed E-state index contributed by atoms with van der Waals surface area (Å²) >= 11 is 0. The SMILES string of the molecule is [NH3+]CCCCCCCCCCCC1=CC=CC1. The van der Waals surface area contributed by atoms with Gasteiger partial charge in [-0.3, -0.25) is 0 Å². The second-order valence-corrected chi connectivity index (χ2v) is 5.24. The monoisotopic (exact) mass is 236 g/mol. The van der Waals surface area contributed by atoms with Crippen molar-refractivity contribution in [3.8, 4) is 0 Å². The number of unbranched alkanes of at least 4 members (excludes halogenated alkanes) is 8. The van der Waals surface area contributed by atoms with Crippen LogP contribution in [-0.4, -0.2) is 6.54 Å². The molecule has 1 heteroatoms. The summed E-state index contributed by atoms with van der Waals surface area (Å²) in [4.78, 5) is 0. The maximum atomic E-state index is 3.88. The maximum Gasteiger partial charge on any atom is 0.0739 e. The highest BCUT2D eigenvalue weighted by molar-refractivity contribution is 5.22. The van der Waals surface area contributed by atoms with E-state index >= 15 is 0 Å². The lowest BCUT2D eigenvalue weighted by atomic mass is 10.0. The molecule has 3 N–H and O–H groups in total. The van der Waals surface area contributed by atoms with Crippen LogP contribution in [0.5, 0.6) is 0 Å². The maximum absolute atomic E-state index is 3.88. The van der Waals surface area contributed by atoms with E-state index in [9.17, 15) is 0 Å². The molecule has 0 aromatic heterocycles. The summed E-state index contributed by atoms with van der Waals surface area (Å²) in [5.41, 5.74) is 5.51. The Morgan fingerprint density at radius 2 is 1.41 bits per heavy atom.